The molecule has 9 heteroatoms. The molecule has 0 saturated carbocycles. The van der Waals surface area contributed by atoms with E-state index in [0.29, 0.717) is 16.4 Å². The Morgan fingerprint density at radius 1 is 1.10 bits per heavy atom. The number of hydrogen-bond donors (Lipinski definition) is 2. The lowest BCUT2D eigenvalue weighted by atomic mass is 10.2. The van der Waals surface area contributed by atoms with Crippen LogP contribution in [0.4, 0.5) is 17.1 Å². The minimum atomic E-state index is -3.31. The van der Waals surface area contributed by atoms with E-state index < -0.39 is 10.0 Å². The Kier molecular flexibility index (Phi) is 7.10. The van der Waals surface area contributed by atoms with E-state index in [0.717, 1.165) is 42.1 Å². The van der Waals surface area contributed by atoms with E-state index in [4.69, 9.17) is 11.6 Å². The van der Waals surface area contributed by atoms with Gasteiger partial charge in [-0.15, -0.1) is 0 Å². The van der Waals surface area contributed by atoms with Crippen LogP contribution >= 0.6 is 23.4 Å². The smallest absolute Gasteiger partial charge is 0.248 e. The summed E-state index contributed by atoms with van der Waals surface area (Å²) in [4.78, 5) is 14.4. The molecular formula is C20H22ClN3O3S2. The molecule has 154 valence electrons. The first kappa shape index (κ1) is 21.5. The van der Waals surface area contributed by atoms with Crippen molar-refractivity contribution < 1.29 is 13.2 Å². The van der Waals surface area contributed by atoms with Crippen molar-refractivity contribution in [2.24, 2.45) is 0 Å². The van der Waals surface area contributed by atoms with Gasteiger partial charge in [0, 0.05) is 42.0 Å². The predicted octanol–water partition coefficient (Wildman–Crippen LogP) is 3.92. The van der Waals surface area contributed by atoms with Gasteiger partial charge >= 0.3 is 0 Å². The molecule has 0 aromatic heterocycles. The molecule has 0 bridgehead atoms. The third-order valence-corrected chi connectivity index (χ3v) is 6.06. The second-order valence-electron chi connectivity index (χ2n) is 6.58. The molecule has 0 aliphatic carbocycles. The van der Waals surface area contributed by atoms with Crippen LogP contribution < -0.4 is 14.9 Å². The van der Waals surface area contributed by atoms with E-state index in [1.807, 2.05) is 23.9 Å². The SMILES string of the molecule is CS(=O)(=O)Nc1ccc(/C=C/C(=O)Nc2ccc(N3CCSCC3)c(Cl)c2)cc1. The molecule has 0 unspecified atom stereocenters. The van der Waals surface area contributed by atoms with Crippen molar-refractivity contribution in [3.63, 3.8) is 0 Å². The van der Waals surface area contributed by atoms with Crippen molar-refractivity contribution in [1.29, 1.82) is 0 Å². The maximum atomic E-state index is 12.2. The van der Waals surface area contributed by atoms with Gasteiger partial charge in [0.05, 0.1) is 17.0 Å². The molecule has 1 fully saturated rings. The number of nitrogens with one attached hydrogen (secondary N) is 2. The van der Waals surface area contributed by atoms with Crippen LogP contribution in [0.1, 0.15) is 5.56 Å². The molecule has 2 aromatic carbocycles. The van der Waals surface area contributed by atoms with Crippen molar-refractivity contribution in [3.8, 4) is 0 Å². The van der Waals surface area contributed by atoms with Crippen molar-refractivity contribution in [2.75, 3.05) is 45.8 Å². The van der Waals surface area contributed by atoms with Gasteiger partial charge in [0.2, 0.25) is 15.9 Å². The third kappa shape index (κ3) is 6.69. The molecule has 1 aliphatic rings. The van der Waals surface area contributed by atoms with E-state index >= 15 is 0 Å². The highest BCUT2D eigenvalue weighted by Crippen LogP contribution is 2.30. The van der Waals surface area contributed by atoms with Crippen LogP contribution in [0.15, 0.2) is 48.5 Å². The highest BCUT2D eigenvalue weighted by Gasteiger charge is 2.14. The molecule has 0 atom stereocenters. The quantitative estimate of drug-likeness (QED) is 0.651. The van der Waals surface area contributed by atoms with E-state index in [9.17, 15) is 13.2 Å². The van der Waals surface area contributed by atoms with Gasteiger partial charge in [-0.1, -0.05) is 23.7 Å². The second kappa shape index (κ2) is 9.56. The number of carbonyl (C=O) groups is 1. The Morgan fingerprint density at radius 2 is 1.76 bits per heavy atom. The van der Waals surface area contributed by atoms with E-state index in [1.54, 1.807) is 36.4 Å². The molecule has 1 saturated heterocycles. The Morgan fingerprint density at radius 3 is 2.38 bits per heavy atom. The number of thioether (sulfide) groups is 1. The zero-order valence-electron chi connectivity index (χ0n) is 15.9. The number of benzene rings is 2. The molecule has 0 spiro atoms. The van der Waals surface area contributed by atoms with Crippen molar-refractivity contribution in [2.45, 2.75) is 0 Å². The molecule has 3 rings (SSSR count). The summed E-state index contributed by atoms with van der Waals surface area (Å²) in [6.45, 7) is 1.94. The summed E-state index contributed by atoms with van der Waals surface area (Å²) in [6.07, 6.45) is 4.17. The number of nitrogens with zero attached hydrogens (tertiary/aromatic N) is 1. The molecule has 29 heavy (non-hydrogen) atoms. The van der Waals surface area contributed by atoms with Gasteiger partial charge in [0.25, 0.3) is 0 Å². The number of halogens is 1. The standard InChI is InChI=1S/C20H22ClN3O3S2/c1-29(26,27)23-16-5-2-15(3-6-16)4-9-20(25)22-17-7-8-19(18(21)14-17)24-10-12-28-13-11-24/h2-9,14,23H,10-13H2,1H3,(H,22,25)/b9-4+. The summed E-state index contributed by atoms with van der Waals surface area (Å²) in [7, 11) is -3.31. The fourth-order valence-corrected chi connectivity index (χ4v) is 4.64. The molecular weight excluding hydrogens is 430 g/mol. The number of anilines is 3. The van der Waals surface area contributed by atoms with Crippen LogP contribution in [0.3, 0.4) is 0 Å². The summed E-state index contributed by atoms with van der Waals surface area (Å²) >= 11 is 8.35. The summed E-state index contributed by atoms with van der Waals surface area (Å²) in [6, 6.07) is 12.3. The third-order valence-electron chi connectivity index (χ3n) is 4.21. The van der Waals surface area contributed by atoms with Crippen LogP contribution in [-0.2, 0) is 14.8 Å². The lowest BCUT2D eigenvalue weighted by Gasteiger charge is -2.29. The Bertz CT molecular complexity index is 1000. The van der Waals surface area contributed by atoms with E-state index in [1.165, 1.54) is 6.08 Å². The molecule has 6 nitrogen and oxygen atoms in total. The summed E-state index contributed by atoms with van der Waals surface area (Å²) in [5.74, 6) is 1.90. The Balaban J connectivity index is 1.59. The van der Waals surface area contributed by atoms with Crippen molar-refractivity contribution >= 4 is 62.4 Å². The topological polar surface area (TPSA) is 78.5 Å². The fraction of sp³-hybridized carbons (Fsp3) is 0.250. The van der Waals surface area contributed by atoms with Gasteiger partial charge in [0.15, 0.2) is 0 Å². The summed E-state index contributed by atoms with van der Waals surface area (Å²) in [5, 5.41) is 3.42. The Hall–Kier alpha value is -2.16. The summed E-state index contributed by atoms with van der Waals surface area (Å²) < 4.78 is 24.8. The zero-order valence-corrected chi connectivity index (χ0v) is 18.3. The van der Waals surface area contributed by atoms with E-state index in [2.05, 4.69) is 14.9 Å². The highest BCUT2D eigenvalue weighted by molar-refractivity contribution is 7.99. The van der Waals surface area contributed by atoms with Gasteiger partial charge in [-0.2, -0.15) is 11.8 Å². The number of carbonyl (C=O) groups excluding carboxylic acids is 1. The monoisotopic (exact) mass is 451 g/mol. The Labute approximate surface area is 180 Å². The maximum Gasteiger partial charge on any atom is 0.248 e. The van der Waals surface area contributed by atoms with Crippen LogP contribution in [0.25, 0.3) is 6.08 Å². The number of rotatable bonds is 6. The average Bonchev–Trinajstić information content (AvgIpc) is 2.67. The number of sulfonamides is 1. The van der Waals surface area contributed by atoms with Crippen LogP contribution in [0.5, 0.6) is 0 Å². The van der Waals surface area contributed by atoms with Crippen LogP contribution in [0.2, 0.25) is 5.02 Å². The molecule has 2 N–H and O–H groups in total. The van der Waals surface area contributed by atoms with Crippen molar-refractivity contribution in [3.05, 3.63) is 59.1 Å². The molecule has 0 radical (unpaired) electrons. The number of amides is 1. The number of hydrogen-bond acceptors (Lipinski definition) is 5. The minimum Gasteiger partial charge on any atom is -0.369 e. The average molecular weight is 452 g/mol. The predicted molar refractivity (Wildman–Crippen MR) is 124 cm³/mol. The first-order valence-electron chi connectivity index (χ1n) is 8.99. The van der Waals surface area contributed by atoms with Gasteiger partial charge in [-0.25, -0.2) is 8.42 Å². The molecule has 2 aromatic rings. The van der Waals surface area contributed by atoms with Crippen LogP contribution in [-0.4, -0.2) is 45.2 Å². The zero-order chi connectivity index (χ0) is 20.9. The highest BCUT2D eigenvalue weighted by atomic mass is 35.5. The van der Waals surface area contributed by atoms with Gasteiger partial charge in [0.1, 0.15) is 0 Å². The summed E-state index contributed by atoms with van der Waals surface area (Å²) in [5.41, 5.74) is 2.86. The normalized spacial score (nSPS) is 14.8. The maximum absolute atomic E-state index is 12.2. The van der Waals surface area contributed by atoms with Crippen molar-refractivity contribution in [1.82, 2.24) is 0 Å². The van der Waals surface area contributed by atoms with Gasteiger partial charge in [-0.3, -0.25) is 9.52 Å². The lowest BCUT2D eigenvalue weighted by molar-refractivity contribution is -0.111. The van der Waals surface area contributed by atoms with Gasteiger partial charge in [-0.05, 0) is 42.0 Å². The molecule has 1 amide bonds. The second-order valence-corrected chi connectivity index (χ2v) is 9.96. The van der Waals surface area contributed by atoms with E-state index in [-0.39, 0.29) is 5.91 Å². The minimum absolute atomic E-state index is 0.276. The molecule has 1 aliphatic heterocycles. The van der Waals surface area contributed by atoms with Crippen LogP contribution in [0, 0.1) is 0 Å². The fourth-order valence-electron chi connectivity index (χ4n) is 2.88. The molecule has 1 heterocycles. The lowest BCUT2D eigenvalue weighted by Crippen LogP contribution is -2.32. The van der Waals surface area contributed by atoms with Gasteiger partial charge < -0.3 is 10.2 Å². The first-order valence-corrected chi connectivity index (χ1v) is 12.4. The largest absolute Gasteiger partial charge is 0.369 e. The first-order chi connectivity index (χ1) is 13.8.